The first-order valence-corrected chi connectivity index (χ1v) is 6.09. The van der Waals surface area contributed by atoms with Crippen molar-refractivity contribution in [3.05, 3.63) is 28.8 Å². The van der Waals surface area contributed by atoms with Crippen molar-refractivity contribution in [2.24, 2.45) is 11.7 Å². The SMILES string of the molecule is Cc1cc(C(N)C2CC2)c(C(C)C)cc1O. The lowest BCUT2D eigenvalue weighted by atomic mass is 9.89. The summed E-state index contributed by atoms with van der Waals surface area (Å²) in [5.74, 6) is 1.45. The van der Waals surface area contributed by atoms with Crippen LogP contribution < -0.4 is 5.73 Å². The van der Waals surface area contributed by atoms with E-state index in [0.717, 1.165) is 5.56 Å². The smallest absolute Gasteiger partial charge is 0.118 e. The van der Waals surface area contributed by atoms with Crippen LogP contribution in [0.1, 0.15) is 55.3 Å². The van der Waals surface area contributed by atoms with E-state index in [1.165, 1.54) is 24.0 Å². The molecule has 0 radical (unpaired) electrons. The quantitative estimate of drug-likeness (QED) is 0.819. The Hall–Kier alpha value is -1.02. The molecule has 1 aliphatic carbocycles. The van der Waals surface area contributed by atoms with Gasteiger partial charge in [0.25, 0.3) is 0 Å². The third-order valence-corrected chi connectivity index (χ3v) is 3.51. The van der Waals surface area contributed by atoms with Gasteiger partial charge in [0.1, 0.15) is 5.75 Å². The Morgan fingerprint density at radius 1 is 1.25 bits per heavy atom. The molecule has 1 aliphatic rings. The second-order valence-electron chi connectivity index (χ2n) is 5.29. The summed E-state index contributed by atoms with van der Waals surface area (Å²) in [4.78, 5) is 0. The molecule has 1 aromatic carbocycles. The minimum Gasteiger partial charge on any atom is -0.508 e. The molecule has 1 fully saturated rings. The molecule has 0 aromatic heterocycles. The van der Waals surface area contributed by atoms with E-state index in [1.54, 1.807) is 0 Å². The average molecular weight is 219 g/mol. The molecule has 1 saturated carbocycles. The first-order chi connectivity index (χ1) is 7.50. The lowest BCUT2D eigenvalue weighted by Crippen LogP contribution is -2.15. The third kappa shape index (κ3) is 2.07. The van der Waals surface area contributed by atoms with Crippen LogP contribution in [0.5, 0.6) is 5.75 Å². The van der Waals surface area contributed by atoms with Crippen molar-refractivity contribution in [1.82, 2.24) is 0 Å². The maximum Gasteiger partial charge on any atom is 0.118 e. The van der Waals surface area contributed by atoms with Crippen molar-refractivity contribution in [2.45, 2.75) is 45.6 Å². The van der Waals surface area contributed by atoms with Gasteiger partial charge >= 0.3 is 0 Å². The van der Waals surface area contributed by atoms with E-state index >= 15 is 0 Å². The summed E-state index contributed by atoms with van der Waals surface area (Å²) in [6.07, 6.45) is 2.50. The number of hydrogen-bond acceptors (Lipinski definition) is 2. The van der Waals surface area contributed by atoms with Gasteiger partial charge in [-0.15, -0.1) is 0 Å². The van der Waals surface area contributed by atoms with Gasteiger partial charge in [0.15, 0.2) is 0 Å². The number of aromatic hydroxyl groups is 1. The van der Waals surface area contributed by atoms with Gasteiger partial charge in [-0.3, -0.25) is 0 Å². The van der Waals surface area contributed by atoms with Gasteiger partial charge in [-0.1, -0.05) is 19.9 Å². The second-order valence-corrected chi connectivity index (χ2v) is 5.29. The molecule has 2 rings (SSSR count). The zero-order chi connectivity index (χ0) is 11.9. The molecule has 1 aromatic rings. The summed E-state index contributed by atoms with van der Waals surface area (Å²) in [6, 6.07) is 4.10. The van der Waals surface area contributed by atoms with Crippen molar-refractivity contribution >= 4 is 0 Å². The molecule has 2 heteroatoms. The molecule has 0 heterocycles. The number of phenolic OH excluding ortho intramolecular Hbond substituents is 1. The van der Waals surface area contributed by atoms with Crippen molar-refractivity contribution in [3.63, 3.8) is 0 Å². The summed E-state index contributed by atoms with van der Waals surface area (Å²) in [5.41, 5.74) is 9.63. The number of nitrogens with two attached hydrogens (primary N) is 1. The maximum absolute atomic E-state index is 9.77. The Morgan fingerprint density at radius 2 is 1.88 bits per heavy atom. The first-order valence-electron chi connectivity index (χ1n) is 6.09. The Labute approximate surface area is 97.5 Å². The lowest BCUT2D eigenvalue weighted by molar-refractivity contribution is 0.468. The molecule has 0 amide bonds. The number of rotatable bonds is 3. The normalized spacial score (nSPS) is 17.8. The van der Waals surface area contributed by atoms with E-state index in [-0.39, 0.29) is 6.04 Å². The largest absolute Gasteiger partial charge is 0.508 e. The second kappa shape index (κ2) is 4.10. The maximum atomic E-state index is 9.77. The van der Waals surface area contributed by atoms with Crippen LogP contribution in [-0.2, 0) is 0 Å². The van der Waals surface area contributed by atoms with Gasteiger partial charge in [-0.05, 0) is 54.4 Å². The van der Waals surface area contributed by atoms with Crippen LogP contribution in [0.15, 0.2) is 12.1 Å². The fraction of sp³-hybridized carbons (Fsp3) is 0.571. The molecule has 0 saturated heterocycles. The van der Waals surface area contributed by atoms with Crippen molar-refractivity contribution in [1.29, 1.82) is 0 Å². The highest BCUT2D eigenvalue weighted by Gasteiger charge is 2.31. The monoisotopic (exact) mass is 219 g/mol. The molecular weight excluding hydrogens is 198 g/mol. The fourth-order valence-corrected chi connectivity index (χ4v) is 2.23. The minimum atomic E-state index is 0.150. The third-order valence-electron chi connectivity index (χ3n) is 3.51. The highest BCUT2D eigenvalue weighted by molar-refractivity contribution is 5.44. The van der Waals surface area contributed by atoms with Crippen LogP contribution in [0.4, 0.5) is 0 Å². The molecule has 1 unspecified atom stereocenters. The Morgan fingerprint density at radius 3 is 2.38 bits per heavy atom. The lowest BCUT2D eigenvalue weighted by Gasteiger charge is -2.20. The predicted molar refractivity (Wildman–Crippen MR) is 66.6 cm³/mol. The van der Waals surface area contributed by atoms with Gasteiger partial charge in [-0.2, -0.15) is 0 Å². The summed E-state index contributed by atoms with van der Waals surface area (Å²) in [6.45, 7) is 6.23. The van der Waals surface area contributed by atoms with Crippen molar-refractivity contribution < 1.29 is 5.11 Å². The summed E-state index contributed by atoms with van der Waals surface area (Å²) >= 11 is 0. The van der Waals surface area contributed by atoms with Crippen LogP contribution in [0, 0.1) is 12.8 Å². The Bertz CT molecular complexity index is 394. The zero-order valence-electron chi connectivity index (χ0n) is 10.3. The van der Waals surface area contributed by atoms with Crippen LogP contribution in [0.3, 0.4) is 0 Å². The number of benzene rings is 1. The molecule has 0 bridgehead atoms. The Kier molecular flexibility index (Phi) is 2.94. The average Bonchev–Trinajstić information content (AvgIpc) is 3.03. The highest BCUT2D eigenvalue weighted by Crippen LogP contribution is 2.42. The zero-order valence-corrected chi connectivity index (χ0v) is 10.3. The number of phenols is 1. The predicted octanol–water partition coefficient (Wildman–Crippen LogP) is 3.23. The van der Waals surface area contributed by atoms with E-state index in [4.69, 9.17) is 5.73 Å². The summed E-state index contributed by atoms with van der Waals surface area (Å²) in [7, 11) is 0. The number of hydrogen-bond donors (Lipinski definition) is 2. The molecule has 3 N–H and O–H groups in total. The van der Waals surface area contributed by atoms with Crippen LogP contribution in [-0.4, -0.2) is 5.11 Å². The fourth-order valence-electron chi connectivity index (χ4n) is 2.23. The van der Waals surface area contributed by atoms with Crippen LogP contribution in [0.2, 0.25) is 0 Å². The van der Waals surface area contributed by atoms with Gasteiger partial charge in [0.2, 0.25) is 0 Å². The molecule has 88 valence electrons. The van der Waals surface area contributed by atoms with Gasteiger partial charge in [-0.25, -0.2) is 0 Å². The van der Waals surface area contributed by atoms with Crippen molar-refractivity contribution in [3.8, 4) is 5.75 Å². The standard InChI is InChI=1S/C14H21NO/c1-8(2)11-7-13(16)9(3)6-12(11)14(15)10-4-5-10/h6-8,10,14,16H,4-5,15H2,1-3H3. The van der Waals surface area contributed by atoms with Gasteiger partial charge in [0, 0.05) is 6.04 Å². The van der Waals surface area contributed by atoms with E-state index in [2.05, 4.69) is 19.9 Å². The van der Waals surface area contributed by atoms with E-state index in [0.29, 0.717) is 17.6 Å². The molecule has 16 heavy (non-hydrogen) atoms. The van der Waals surface area contributed by atoms with Gasteiger partial charge in [0.05, 0.1) is 0 Å². The minimum absolute atomic E-state index is 0.150. The van der Waals surface area contributed by atoms with E-state index in [1.807, 2.05) is 13.0 Å². The van der Waals surface area contributed by atoms with Gasteiger partial charge < -0.3 is 10.8 Å². The Balaban J connectivity index is 2.44. The number of aryl methyl sites for hydroxylation is 1. The van der Waals surface area contributed by atoms with Crippen molar-refractivity contribution in [2.75, 3.05) is 0 Å². The van der Waals surface area contributed by atoms with Crippen LogP contribution in [0.25, 0.3) is 0 Å². The highest BCUT2D eigenvalue weighted by atomic mass is 16.3. The van der Waals surface area contributed by atoms with E-state index < -0.39 is 0 Å². The molecular formula is C14H21NO. The molecule has 2 nitrogen and oxygen atoms in total. The van der Waals surface area contributed by atoms with E-state index in [9.17, 15) is 5.11 Å². The molecule has 0 spiro atoms. The first kappa shape index (κ1) is 11.5. The summed E-state index contributed by atoms with van der Waals surface area (Å²) in [5, 5.41) is 9.77. The topological polar surface area (TPSA) is 46.2 Å². The molecule has 1 atom stereocenters. The van der Waals surface area contributed by atoms with Crippen LogP contribution >= 0.6 is 0 Å². The summed E-state index contributed by atoms with van der Waals surface area (Å²) < 4.78 is 0. The molecule has 0 aliphatic heterocycles.